The third-order valence-electron chi connectivity index (χ3n) is 3.76. The van der Waals surface area contributed by atoms with Gasteiger partial charge in [-0.05, 0) is 24.6 Å². The molecule has 0 aliphatic heterocycles. The van der Waals surface area contributed by atoms with E-state index < -0.39 is 0 Å². The van der Waals surface area contributed by atoms with Crippen molar-refractivity contribution in [2.75, 3.05) is 5.32 Å². The van der Waals surface area contributed by atoms with Crippen molar-refractivity contribution in [1.82, 2.24) is 19.6 Å². The van der Waals surface area contributed by atoms with E-state index in [1.807, 2.05) is 6.07 Å². The predicted octanol–water partition coefficient (Wildman–Crippen LogP) is 5.08. The van der Waals surface area contributed by atoms with Gasteiger partial charge < -0.3 is 5.32 Å². The number of nitrogens with one attached hydrogen (secondary N) is 1. The van der Waals surface area contributed by atoms with Gasteiger partial charge >= 0.3 is 0 Å². The average molecular weight is 447 g/mol. The molecule has 2 heterocycles. The number of carbonyl (C=O) groups excluding carboxylic acids is 1. The molecule has 0 fully saturated rings. The van der Waals surface area contributed by atoms with Crippen LogP contribution in [0, 0.1) is 6.92 Å². The summed E-state index contributed by atoms with van der Waals surface area (Å²) in [5.74, 6) is 0.0809. The Labute approximate surface area is 176 Å². The number of carbonyl (C=O) groups is 1. The Morgan fingerprint density at radius 2 is 1.74 bits per heavy atom. The van der Waals surface area contributed by atoms with Crippen molar-refractivity contribution in [2.24, 2.45) is 0 Å². The van der Waals surface area contributed by atoms with Crippen LogP contribution in [-0.4, -0.2) is 25.5 Å². The number of anilines is 1. The summed E-state index contributed by atoms with van der Waals surface area (Å²) in [5, 5.41) is 13.1. The molecule has 1 amide bonds. The first-order valence-electron chi connectivity index (χ1n) is 7.98. The average Bonchev–Trinajstić information content (AvgIpc) is 3.11. The van der Waals surface area contributed by atoms with Crippen LogP contribution in [0.5, 0.6) is 0 Å². The fourth-order valence-corrected chi connectivity index (χ4v) is 3.08. The summed E-state index contributed by atoms with van der Waals surface area (Å²) < 4.78 is 3.25. The van der Waals surface area contributed by atoms with Gasteiger partial charge in [0.05, 0.1) is 27.3 Å². The molecule has 1 N–H and O–H groups in total. The highest BCUT2D eigenvalue weighted by Crippen LogP contribution is 2.24. The minimum Gasteiger partial charge on any atom is -0.308 e. The summed E-state index contributed by atoms with van der Waals surface area (Å²) >= 11 is 24.1. The molecule has 0 unspecified atom stereocenters. The van der Waals surface area contributed by atoms with Crippen LogP contribution in [0.15, 0.2) is 30.6 Å². The molecule has 3 aromatic rings. The van der Waals surface area contributed by atoms with Gasteiger partial charge in [-0.1, -0.05) is 52.5 Å². The smallest absolute Gasteiger partial charge is 0.227 e. The molecule has 142 valence electrons. The summed E-state index contributed by atoms with van der Waals surface area (Å²) in [4.78, 5) is 12.2. The molecule has 27 heavy (non-hydrogen) atoms. The van der Waals surface area contributed by atoms with Gasteiger partial charge in [0, 0.05) is 25.4 Å². The van der Waals surface area contributed by atoms with Crippen LogP contribution >= 0.6 is 46.4 Å². The van der Waals surface area contributed by atoms with Gasteiger partial charge in [-0.15, -0.1) is 0 Å². The minimum atomic E-state index is -0.221. The van der Waals surface area contributed by atoms with Crippen LogP contribution in [0.3, 0.4) is 0 Å². The fraction of sp³-hybridized carbons (Fsp3) is 0.235. The van der Waals surface area contributed by atoms with Gasteiger partial charge in [0.2, 0.25) is 5.91 Å². The van der Waals surface area contributed by atoms with Crippen LogP contribution in [0.2, 0.25) is 20.1 Å². The van der Waals surface area contributed by atoms with E-state index in [1.165, 1.54) is 0 Å². The Morgan fingerprint density at radius 1 is 1.00 bits per heavy atom. The summed E-state index contributed by atoms with van der Waals surface area (Å²) in [5.41, 5.74) is 1.63. The number of aromatic nitrogens is 4. The van der Waals surface area contributed by atoms with Crippen molar-refractivity contribution in [1.29, 1.82) is 0 Å². The largest absolute Gasteiger partial charge is 0.308 e. The number of benzene rings is 1. The lowest BCUT2D eigenvalue weighted by Crippen LogP contribution is -2.15. The predicted molar refractivity (Wildman–Crippen MR) is 108 cm³/mol. The SMILES string of the molecule is Cc1nn(CCC(=O)Nc2nn(Cc3ccc(Cl)c(Cl)c3)cc2Cl)cc1Cl. The van der Waals surface area contributed by atoms with Crippen molar-refractivity contribution in [3.8, 4) is 0 Å². The van der Waals surface area contributed by atoms with E-state index in [0.717, 1.165) is 11.3 Å². The zero-order chi connectivity index (χ0) is 19.6. The van der Waals surface area contributed by atoms with Crippen LogP contribution in [0.25, 0.3) is 0 Å². The van der Waals surface area contributed by atoms with Crippen LogP contribution in [-0.2, 0) is 17.9 Å². The highest BCUT2D eigenvalue weighted by atomic mass is 35.5. The van der Waals surface area contributed by atoms with E-state index in [-0.39, 0.29) is 12.3 Å². The molecule has 0 aliphatic carbocycles. The Hall–Kier alpha value is -1.73. The number of halogens is 4. The fourth-order valence-electron chi connectivity index (χ4n) is 2.41. The second-order valence-electron chi connectivity index (χ2n) is 5.90. The Kier molecular flexibility index (Phi) is 6.32. The molecule has 0 aliphatic rings. The van der Waals surface area contributed by atoms with E-state index in [2.05, 4.69) is 15.5 Å². The number of aryl methyl sites for hydroxylation is 2. The van der Waals surface area contributed by atoms with Gasteiger partial charge in [-0.25, -0.2) is 0 Å². The van der Waals surface area contributed by atoms with E-state index in [1.54, 1.807) is 40.8 Å². The maximum atomic E-state index is 12.2. The number of rotatable bonds is 6. The monoisotopic (exact) mass is 445 g/mol. The number of amides is 1. The number of nitrogens with zero attached hydrogens (tertiary/aromatic N) is 4. The van der Waals surface area contributed by atoms with Gasteiger partial charge in [0.1, 0.15) is 5.02 Å². The number of hydrogen-bond acceptors (Lipinski definition) is 3. The zero-order valence-electron chi connectivity index (χ0n) is 14.2. The van der Waals surface area contributed by atoms with Crippen LogP contribution in [0.4, 0.5) is 5.82 Å². The first-order chi connectivity index (χ1) is 12.8. The zero-order valence-corrected chi connectivity index (χ0v) is 17.2. The van der Waals surface area contributed by atoms with Crippen LogP contribution < -0.4 is 5.32 Å². The van der Waals surface area contributed by atoms with E-state index in [4.69, 9.17) is 46.4 Å². The first-order valence-corrected chi connectivity index (χ1v) is 9.49. The van der Waals surface area contributed by atoms with E-state index in [9.17, 15) is 4.79 Å². The third-order valence-corrected chi connectivity index (χ3v) is 5.14. The number of hydrogen-bond donors (Lipinski definition) is 1. The van der Waals surface area contributed by atoms with Gasteiger partial charge in [-0.2, -0.15) is 10.2 Å². The molecular weight excluding hydrogens is 432 g/mol. The topological polar surface area (TPSA) is 64.7 Å². The molecule has 0 spiro atoms. The molecule has 6 nitrogen and oxygen atoms in total. The molecular formula is C17H15Cl4N5O. The summed E-state index contributed by atoms with van der Waals surface area (Å²) in [7, 11) is 0. The maximum absolute atomic E-state index is 12.2. The standard InChI is InChI=1S/C17H15Cl4N5O/c1-10-14(20)8-25(23-10)5-4-16(27)22-17-15(21)9-26(24-17)7-11-2-3-12(18)13(19)6-11/h2-3,6,8-9H,4-5,7H2,1H3,(H,22,24,27). The van der Waals surface area contributed by atoms with Crippen molar-refractivity contribution >= 4 is 58.1 Å². The van der Waals surface area contributed by atoms with Crippen LogP contribution in [0.1, 0.15) is 17.7 Å². The van der Waals surface area contributed by atoms with E-state index in [0.29, 0.717) is 39.0 Å². The lowest BCUT2D eigenvalue weighted by atomic mass is 10.2. The second-order valence-corrected chi connectivity index (χ2v) is 7.52. The molecule has 2 aromatic heterocycles. The molecule has 0 atom stereocenters. The Morgan fingerprint density at radius 3 is 2.41 bits per heavy atom. The van der Waals surface area contributed by atoms with Crippen molar-refractivity contribution in [3.63, 3.8) is 0 Å². The molecule has 1 aromatic carbocycles. The maximum Gasteiger partial charge on any atom is 0.227 e. The Bertz CT molecular complexity index is 962. The lowest BCUT2D eigenvalue weighted by molar-refractivity contribution is -0.116. The van der Waals surface area contributed by atoms with Gasteiger partial charge in [0.25, 0.3) is 0 Å². The molecule has 0 saturated carbocycles. The van der Waals surface area contributed by atoms with Crippen molar-refractivity contribution in [3.05, 3.63) is 61.9 Å². The molecule has 0 bridgehead atoms. The van der Waals surface area contributed by atoms with Crippen molar-refractivity contribution < 1.29 is 4.79 Å². The summed E-state index contributed by atoms with van der Waals surface area (Å²) in [6.45, 7) is 2.65. The van der Waals surface area contributed by atoms with Gasteiger partial charge in [0.15, 0.2) is 5.82 Å². The molecule has 10 heteroatoms. The summed E-state index contributed by atoms with van der Waals surface area (Å²) in [6, 6.07) is 5.32. The highest BCUT2D eigenvalue weighted by molar-refractivity contribution is 6.42. The van der Waals surface area contributed by atoms with E-state index >= 15 is 0 Å². The highest BCUT2D eigenvalue weighted by Gasteiger charge is 2.12. The molecule has 3 rings (SSSR count). The van der Waals surface area contributed by atoms with Gasteiger partial charge in [-0.3, -0.25) is 14.2 Å². The lowest BCUT2D eigenvalue weighted by Gasteiger charge is -2.04. The molecule has 0 radical (unpaired) electrons. The third kappa shape index (κ3) is 5.17. The minimum absolute atomic E-state index is 0.216. The normalized spacial score (nSPS) is 11.0. The Balaban J connectivity index is 1.60. The second kappa shape index (κ2) is 8.52. The van der Waals surface area contributed by atoms with Crippen molar-refractivity contribution in [2.45, 2.75) is 26.4 Å². The quantitative estimate of drug-likeness (QED) is 0.574. The first kappa shape index (κ1) is 20.0. The molecule has 0 saturated heterocycles. The summed E-state index contributed by atoms with van der Waals surface area (Å²) in [6.07, 6.45) is 3.53.